The molecule has 0 bridgehead atoms. The van der Waals surface area contributed by atoms with Gasteiger partial charge >= 0.3 is 0 Å². The Kier molecular flexibility index (Phi) is 4.48. The van der Waals surface area contributed by atoms with E-state index in [1.54, 1.807) is 23.1 Å². The van der Waals surface area contributed by atoms with E-state index in [0.717, 1.165) is 21.4 Å². The zero-order chi connectivity index (χ0) is 12.3. The maximum Gasteiger partial charge on any atom is 0.244 e. The quantitative estimate of drug-likeness (QED) is 0.780. The molecule has 0 fully saturated rings. The van der Waals surface area contributed by atoms with Gasteiger partial charge in [0.15, 0.2) is 0 Å². The Labute approximate surface area is 114 Å². The van der Waals surface area contributed by atoms with Gasteiger partial charge in [-0.05, 0) is 53.9 Å². The van der Waals surface area contributed by atoms with Crippen molar-refractivity contribution in [2.24, 2.45) is 4.99 Å². The summed E-state index contributed by atoms with van der Waals surface area (Å²) in [5, 5.41) is 2.10. The number of hydrogen-bond acceptors (Lipinski definition) is 5. The molecule has 2 nitrogen and oxygen atoms in total. The summed E-state index contributed by atoms with van der Waals surface area (Å²) in [5.41, 5.74) is 1.78. The second kappa shape index (κ2) is 5.89. The number of rotatable bonds is 3. The van der Waals surface area contributed by atoms with Crippen LogP contribution in [0.2, 0.25) is 0 Å². The fourth-order valence-electron chi connectivity index (χ4n) is 1.30. The first kappa shape index (κ1) is 12.9. The van der Waals surface area contributed by atoms with E-state index in [4.69, 9.17) is 0 Å². The number of hydrogen-bond donors (Lipinski definition) is 0. The lowest BCUT2D eigenvalue weighted by Crippen LogP contribution is -1.87. The average Bonchev–Trinajstić information content (AvgIpc) is 2.85. The minimum atomic E-state index is 0.0661. The van der Waals surface area contributed by atoms with E-state index in [1.807, 2.05) is 18.4 Å². The standard InChI is InChI=1S/C12H13NOS3/c1-3-5-16-12-13-9(11(14)17-12)7-10-8(2)4-6-15-10/h4,6-7H,3,5H2,1-2H3. The Morgan fingerprint density at radius 3 is 3.00 bits per heavy atom. The topological polar surface area (TPSA) is 29.4 Å². The fraction of sp³-hybridized carbons (Fsp3) is 0.333. The third-order valence-corrected chi connectivity index (χ3v) is 5.38. The molecular formula is C12H13NOS3. The molecule has 0 radical (unpaired) electrons. The third kappa shape index (κ3) is 3.24. The van der Waals surface area contributed by atoms with E-state index >= 15 is 0 Å². The number of carbonyl (C=O) groups is 1. The molecule has 1 aromatic rings. The van der Waals surface area contributed by atoms with E-state index in [0.29, 0.717) is 5.70 Å². The molecule has 2 rings (SSSR count). The molecular weight excluding hydrogens is 270 g/mol. The molecule has 0 spiro atoms. The highest BCUT2D eigenvalue weighted by Gasteiger charge is 2.22. The van der Waals surface area contributed by atoms with Gasteiger partial charge in [-0.1, -0.05) is 18.7 Å². The normalized spacial score (nSPS) is 17.9. The van der Waals surface area contributed by atoms with Crippen LogP contribution in [0.3, 0.4) is 0 Å². The summed E-state index contributed by atoms with van der Waals surface area (Å²) in [7, 11) is 0. The summed E-state index contributed by atoms with van der Waals surface area (Å²) in [5.74, 6) is 1.02. The van der Waals surface area contributed by atoms with Gasteiger partial charge in [0.1, 0.15) is 10.1 Å². The highest BCUT2D eigenvalue weighted by molar-refractivity contribution is 8.45. The second-order valence-corrected chi connectivity index (χ2v) is 6.86. The minimum Gasteiger partial charge on any atom is -0.279 e. The smallest absolute Gasteiger partial charge is 0.244 e. The molecule has 2 heterocycles. The first-order valence-corrected chi connectivity index (χ1v) is 8.08. The summed E-state index contributed by atoms with van der Waals surface area (Å²) in [6.45, 7) is 4.17. The molecule has 0 saturated heterocycles. The van der Waals surface area contributed by atoms with Crippen molar-refractivity contribution in [2.45, 2.75) is 20.3 Å². The molecule has 17 heavy (non-hydrogen) atoms. The molecule has 0 N–H and O–H groups in total. The zero-order valence-corrected chi connectivity index (χ0v) is 12.2. The number of aliphatic imine (C=N–C) groups is 1. The van der Waals surface area contributed by atoms with Crippen LogP contribution in [0.4, 0.5) is 0 Å². The molecule has 0 unspecified atom stereocenters. The highest BCUT2D eigenvalue weighted by Crippen LogP contribution is 2.32. The largest absolute Gasteiger partial charge is 0.279 e. The molecule has 5 heteroatoms. The molecule has 0 atom stereocenters. The van der Waals surface area contributed by atoms with Gasteiger partial charge in [-0.2, -0.15) is 0 Å². The maximum atomic E-state index is 11.8. The number of nitrogens with zero attached hydrogens (tertiary/aromatic N) is 1. The molecule has 1 aromatic heterocycles. The van der Waals surface area contributed by atoms with E-state index in [9.17, 15) is 4.79 Å². The lowest BCUT2D eigenvalue weighted by atomic mass is 10.2. The van der Waals surface area contributed by atoms with Gasteiger partial charge < -0.3 is 0 Å². The predicted molar refractivity (Wildman–Crippen MR) is 79.8 cm³/mol. The zero-order valence-electron chi connectivity index (χ0n) is 9.73. The second-order valence-electron chi connectivity index (χ2n) is 3.61. The van der Waals surface area contributed by atoms with Crippen molar-refractivity contribution in [3.8, 4) is 0 Å². The van der Waals surface area contributed by atoms with Crippen LogP contribution in [0.25, 0.3) is 6.08 Å². The maximum absolute atomic E-state index is 11.8. The third-order valence-electron chi connectivity index (χ3n) is 2.20. The minimum absolute atomic E-state index is 0.0661. The van der Waals surface area contributed by atoms with Crippen molar-refractivity contribution in [2.75, 3.05) is 5.75 Å². The van der Waals surface area contributed by atoms with Crippen LogP contribution >= 0.6 is 34.9 Å². The summed E-state index contributed by atoms with van der Waals surface area (Å²) >= 11 is 4.56. The van der Waals surface area contributed by atoms with Gasteiger partial charge in [0.2, 0.25) is 5.12 Å². The van der Waals surface area contributed by atoms with Crippen LogP contribution < -0.4 is 0 Å². The Hall–Kier alpha value is -0.520. The molecule has 90 valence electrons. The number of thiophene rings is 1. The monoisotopic (exact) mass is 283 g/mol. The van der Waals surface area contributed by atoms with Gasteiger partial charge in [-0.25, -0.2) is 4.99 Å². The highest BCUT2D eigenvalue weighted by atomic mass is 32.2. The molecule has 1 aliphatic heterocycles. The Morgan fingerprint density at radius 2 is 2.35 bits per heavy atom. The van der Waals surface area contributed by atoms with Gasteiger partial charge in [-0.3, -0.25) is 4.79 Å². The number of aryl methyl sites for hydroxylation is 1. The van der Waals surface area contributed by atoms with Crippen molar-refractivity contribution in [1.29, 1.82) is 0 Å². The van der Waals surface area contributed by atoms with Crippen LogP contribution in [0, 0.1) is 6.92 Å². The average molecular weight is 283 g/mol. The molecule has 0 aliphatic carbocycles. The van der Waals surface area contributed by atoms with Crippen LogP contribution in [-0.2, 0) is 4.79 Å². The van der Waals surface area contributed by atoms with Crippen LogP contribution in [-0.4, -0.2) is 15.2 Å². The van der Waals surface area contributed by atoms with Gasteiger partial charge in [0, 0.05) is 4.88 Å². The van der Waals surface area contributed by atoms with E-state index in [2.05, 4.69) is 18.0 Å². The number of thioether (sulfide) groups is 2. The van der Waals surface area contributed by atoms with Gasteiger partial charge in [0.05, 0.1) is 0 Å². The summed E-state index contributed by atoms with van der Waals surface area (Å²) < 4.78 is 0.886. The van der Waals surface area contributed by atoms with Crippen molar-refractivity contribution < 1.29 is 4.79 Å². The fourth-order valence-corrected chi connectivity index (χ4v) is 3.92. The van der Waals surface area contributed by atoms with Crippen molar-refractivity contribution in [1.82, 2.24) is 0 Å². The molecule has 0 saturated carbocycles. The first-order valence-electron chi connectivity index (χ1n) is 5.40. The van der Waals surface area contributed by atoms with Gasteiger partial charge in [0.25, 0.3) is 0 Å². The molecule has 0 aromatic carbocycles. The van der Waals surface area contributed by atoms with Crippen LogP contribution in [0.15, 0.2) is 22.1 Å². The van der Waals surface area contributed by atoms with Crippen molar-refractivity contribution in [3.05, 3.63) is 27.6 Å². The SMILES string of the molecule is CCCSC1=NC(=Cc2sccc2C)C(=O)S1. The van der Waals surface area contributed by atoms with E-state index in [1.165, 1.54) is 17.3 Å². The molecule has 1 aliphatic rings. The summed E-state index contributed by atoms with van der Waals surface area (Å²) in [6.07, 6.45) is 3.00. The van der Waals surface area contributed by atoms with Crippen LogP contribution in [0.5, 0.6) is 0 Å². The van der Waals surface area contributed by atoms with Crippen LogP contribution in [0.1, 0.15) is 23.8 Å². The summed E-state index contributed by atoms with van der Waals surface area (Å²) in [6, 6.07) is 2.06. The first-order chi connectivity index (χ1) is 8.20. The lowest BCUT2D eigenvalue weighted by Gasteiger charge is -1.92. The predicted octanol–water partition coefficient (Wildman–Crippen LogP) is 4.17. The Morgan fingerprint density at radius 1 is 1.53 bits per heavy atom. The Bertz CT molecular complexity index is 488. The summed E-state index contributed by atoms with van der Waals surface area (Å²) in [4.78, 5) is 17.3. The van der Waals surface area contributed by atoms with Gasteiger partial charge in [-0.15, -0.1) is 11.3 Å². The van der Waals surface area contributed by atoms with Crippen molar-refractivity contribution >= 4 is 50.4 Å². The molecule has 0 amide bonds. The van der Waals surface area contributed by atoms with E-state index in [-0.39, 0.29) is 5.12 Å². The lowest BCUT2D eigenvalue weighted by molar-refractivity contribution is -0.107. The Balaban J connectivity index is 2.16. The van der Waals surface area contributed by atoms with E-state index < -0.39 is 0 Å². The number of carbonyl (C=O) groups excluding carboxylic acids is 1. The van der Waals surface area contributed by atoms with Crippen molar-refractivity contribution in [3.63, 3.8) is 0 Å².